The number of amides is 2. The zero-order valence-electron chi connectivity index (χ0n) is 24.5. The molecule has 0 fully saturated rings. The standard InChI is InChI=1S/C35H36AsN4O2/c1-35(2,3)26-12-16-33(42-4)32(20-26)40-34(41)39-31-15-14-28(29-9-5-6-10-30(29)31)25-11-13-27(38-23-25)21-36-18-17-24-8-7-19-37-22-24/h5-16,19-20,22-23H,17-18,21H2,1-4H3,(H2,39,40,41). The van der Waals surface area contributed by atoms with Crippen LogP contribution < -0.4 is 15.4 Å². The molecule has 5 rings (SSSR count). The van der Waals surface area contributed by atoms with Crippen LogP contribution in [-0.4, -0.2) is 38.9 Å². The first-order valence-electron chi connectivity index (χ1n) is 14.1. The Balaban J connectivity index is 1.29. The first-order chi connectivity index (χ1) is 20.3. The molecule has 2 amide bonds. The number of pyridine rings is 2. The van der Waals surface area contributed by atoms with Gasteiger partial charge in [0, 0.05) is 0 Å². The molecule has 0 unspecified atom stereocenters. The van der Waals surface area contributed by atoms with Crippen molar-refractivity contribution in [3.63, 3.8) is 0 Å². The third-order valence-corrected chi connectivity index (χ3v) is 9.46. The van der Waals surface area contributed by atoms with E-state index < -0.39 is 0 Å². The monoisotopic (exact) mass is 619 g/mol. The molecular weight excluding hydrogens is 583 g/mol. The summed E-state index contributed by atoms with van der Waals surface area (Å²) >= 11 is 0.193. The van der Waals surface area contributed by atoms with Gasteiger partial charge in [0.2, 0.25) is 0 Å². The van der Waals surface area contributed by atoms with Gasteiger partial charge in [0.1, 0.15) is 5.75 Å². The summed E-state index contributed by atoms with van der Waals surface area (Å²) < 4.78 is 5.50. The van der Waals surface area contributed by atoms with Crippen molar-refractivity contribution in [2.24, 2.45) is 0 Å². The molecule has 0 spiro atoms. The second-order valence-corrected chi connectivity index (χ2v) is 13.7. The van der Waals surface area contributed by atoms with Gasteiger partial charge in [-0.3, -0.25) is 0 Å². The van der Waals surface area contributed by atoms with Crippen molar-refractivity contribution in [1.29, 1.82) is 0 Å². The van der Waals surface area contributed by atoms with E-state index >= 15 is 0 Å². The first-order valence-corrected chi connectivity index (χ1v) is 16.7. The molecule has 5 aromatic rings. The van der Waals surface area contributed by atoms with Crippen LogP contribution in [0.5, 0.6) is 5.75 Å². The number of benzene rings is 3. The van der Waals surface area contributed by atoms with Gasteiger partial charge in [-0.1, -0.05) is 26.8 Å². The number of carbonyl (C=O) groups excluding carboxylic acids is 1. The third-order valence-electron chi connectivity index (χ3n) is 7.18. The van der Waals surface area contributed by atoms with Crippen LogP contribution in [0.4, 0.5) is 16.2 Å². The molecule has 2 heterocycles. The predicted octanol–water partition coefficient (Wildman–Crippen LogP) is 8.11. The summed E-state index contributed by atoms with van der Waals surface area (Å²) in [5.41, 5.74) is 7.00. The SMILES string of the molecule is COc1ccc(C(C)(C)C)cc1NC(=O)Nc1ccc(-c2ccc(C[As]CCc3cccnc3)nc2)c2ccccc12. The van der Waals surface area contributed by atoms with Gasteiger partial charge in [-0.15, -0.1) is 0 Å². The number of anilines is 2. The van der Waals surface area contributed by atoms with Gasteiger partial charge >= 0.3 is 182 Å². The molecule has 0 bridgehead atoms. The zero-order valence-corrected chi connectivity index (χ0v) is 26.4. The molecule has 0 saturated carbocycles. The summed E-state index contributed by atoms with van der Waals surface area (Å²) in [6.45, 7) is 6.42. The number of methoxy groups -OCH3 is 1. The van der Waals surface area contributed by atoms with Gasteiger partial charge < -0.3 is 4.74 Å². The molecular formula is C35H36AsN4O2. The number of ether oxygens (including phenoxy) is 1. The molecule has 2 N–H and O–H groups in total. The van der Waals surface area contributed by atoms with E-state index in [9.17, 15) is 4.79 Å². The maximum absolute atomic E-state index is 13.1. The van der Waals surface area contributed by atoms with Crippen LogP contribution in [0.3, 0.4) is 0 Å². The first kappa shape index (κ1) is 29.3. The summed E-state index contributed by atoms with van der Waals surface area (Å²) in [4.78, 5) is 22.1. The molecule has 0 atom stereocenters. The van der Waals surface area contributed by atoms with Crippen molar-refractivity contribution in [2.45, 2.75) is 43.0 Å². The van der Waals surface area contributed by atoms with Gasteiger partial charge in [-0.2, -0.15) is 0 Å². The Morgan fingerprint density at radius 3 is 2.40 bits per heavy atom. The van der Waals surface area contributed by atoms with Gasteiger partial charge in [0.15, 0.2) is 0 Å². The van der Waals surface area contributed by atoms with Crippen LogP contribution >= 0.6 is 0 Å². The molecule has 0 aliphatic carbocycles. The number of nitrogens with zero attached hydrogens (tertiary/aromatic N) is 2. The van der Waals surface area contributed by atoms with Gasteiger partial charge in [-0.05, 0) is 23.1 Å². The second-order valence-electron chi connectivity index (χ2n) is 11.2. The number of nitrogens with one attached hydrogen (secondary N) is 2. The normalized spacial score (nSPS) is 11.6. The molecule has 0 saturated heterocycles. The average Bonchev–Trinajstić information content (AvgIpc) is 3.00. The number of hydrogen-bond acceptors (Lipinski definition) is 4. The number of urea groups is 1. The Hall–Kier alpha value is -4.15. The van der Waals surface area contributed by atoms with Crippen LogP contribution in [0.1, 0.15) is 37.6 Å². The molecule has 1 radical (unpaired) electrons. The number of fused-ring (bicyclic) bond motifs is 1. The Morgan fingerprint density at radius 2 is 1.69 bits per heavy atom. The van der Waals surface area contributed by atoms with E-state index in [-0.39, 0.29) is 27.2 Å². The van der Waals surface area contributed by atoms with Gasteiger partial charge in [-0.25, -0.2) is 0 Å². The number of aryl methyl sites for hydroxylation is 1. The minimum atomic E-state index is -0.324. The number of hydrogen-bond donors (Lipinski definition) is 2. The minimum absolute atomic E-state index is 0.0557. The van der Waals surface area contributed by atoms with E-state index in [1.54, 1.807) is 7.11 Å². The summed E-state index contributed by atoms with van der Waals surface area (Å²) in [5.74, 6) is 0.615. The molecule has 0 aliphatic heterocycles. The van der Waals surface area contributed by atoms with Crippen molar-refractivity contribution >= 4 is 43.9 Å². The molecule has 213 valence electrons. The fourth-order valence-electron chi connectivity index (χ4n) is 4.83. The van der Waals surface area contributed by atoms with Crippen LogP contribution in [0.15, 0.2) is 97.5 Å². The molecule has 7 heteroatoms. The van der Waals surface area contributed by atoms with Crippen LogP contribution in [-0.2, 0) is 17.0 Å². The summed E-state index contributed by atoms with van der Waals surface area (Å²) in [5, 5.41) is 10.3. The summed E-state index contributed by atoms with van der Waals surface area (Å²) in [6, 6.07) is 26.1. The third kappa shape index (κ3) is 7.18. The van der Waals surface area contributed by atoms with Crippen LogP contribution in [0.25, 0.3) is 21.9 Å². The quantitative estimate of drug-likeness (QED) is 0.129. The van der Waals surface area contributed by atoms with E-state index in [0.29, 0.717) is 11.4 Å². The molecule has 42 heavy (non-hydrogen) atoms. The van der Waals surface area contributed by atoms with Crippen molar-refractivity contribution in [1.82, 2.24) is 9.97 Å². The Bertz CT molecular complexity index is 1670. The van der Waals surface area contributed by atoms with Crippen molar-refractivity contribution in [3.05, 3.63) is 114 Å². The van der Waals surface area contributed by atoms with Gasteiger partial charge in [0.05, 0.1) is 12.8 Å². The number of carbonyl (C=O) groups is 1. The van der Waals surface area contributed by atoms with E-state index in [2.05, 4.69) is 66.7 Å². The zero-order chi connectivity index (χ0) is 29.5. The predicted molar refractivity (Wildman–Crippen MR) is 174 cm³/mol. The van der Waals surface area contributed by atoms with Crippen molar-refractivity contribution < 1.29 is 9.53 Å². The van der Waals surface area contributed by atoms with Gasteiger partial charge in [0.25, 0.3) is 0 Å². The Morgan fingerprint density at radius 1 is 0.881 bits per heavy atom. The van der Waals surface area contributed by atoms with Crippen molar-refractivity contribution in [3.8, 4) is 16.9 Å². The number of aromatic nitrogens is 2. The molecule has 6 nitrogen and oxygen atoms in total. The van der Waals surface area contributed by atoms with E-state index in [0.717, 1.165) is 50.5 Å². The molecule has 3 aromatic carbocycles. The Kier molecular flexibility index (Phi) is 9.24. The molecule has 2 aromatic heterocycles. The topological polar surface area (TPSA) is 76.1 Å². The second kappa shape index (κ2) is 13.2. The maximum atomic E-state index is 13.1. The molecule has 0 aliphatic rings. The van der Waals surface area contributed by atoms with Crippen molar-refractivity contribution in [2.75, 3.05) is 17.7 Å². The summed E-state index contributed by atoms with van der Waals surface area (Å²) in [6.07, 6.45) is 6.81. The van der Waals surface area contributed by atoms with E-state index in [4.69, 9.17) is 9.72 Å². The van der Waals surface area contributed by atoms with E-state index in [1.807, 2.05) is 67.1 Å². The van der Waals surface area contributed by atoms with Crippen LogP contribution in [0.2, 0.25) is 5.21 Å². The van der Waals surface area contributed by atoms with Crippen LogP contribution in [0, 0.1) is 0 Å². The Labute approximate surface area is 254 Å². The van der Waals surface area contributed by atoms with E-state index in [1.165, 1.54) is 10.8 Å². The number of rotatable bonds is 9. The average molecular weight is 620 g/mol. The summed E-state index contributed by atoms with van der Waals surface area (Å²) in [7, 11) is 1.61. The fraction of sp³-hybridized carbons (Fsp3) is 0.229. The fourth-order valence-corrected chi connectivity index (χ4v) is 6.91.